The number of thioether (sulfide) groups is 1. The number of urea groups is 1. The van der Waals surface area contributed by atoms with E-state index in [1.165, 1.54) is 11.8 Å². The molecule has 2 aliphatic rings. The number of morpholine rings is 1. The maximum atomic E-state index is 12.5. The van der Waals surface area contributed by atoms with E-state index in [2.05, 4.69) is 0 Å². The summed E-state index contributed by atoms with van der Waals surface area (Å²) in [5, 5.41) is 10.2. The van der Waals surface area contributed by atoms with Crippen molar-refractivity contribution in [2.24, 2.45) is 0 Å². The summed E-state index contributed by atoms with van der Waals surface area (Å²) < 4.78 is 5.28. The van der Waals surface area contributed by atoms with Crippen molar-refractivity contribution in [3.63, 3.8) is 0 Å². The van der Waals surface area contributed by atoms with Gasteiger partial charge in [-0.25, -0.2) is 4.79 Å². The Balaban J connectivity index is 1.36. The standard InChI is InChI=1S/C19H27N3O4S/c23-17(16-4-2-1-3-5-16)14-27-15-18(24)20-6-8-21(9-7-20)19(25)22-10-12-26-13-11-22/h1-5,17,23H,6-15H2. The summed E-state index contributed by atoms with van der Waals surface area (Å²) in [6.45, 7) is 4.73. The number of amides is 3. The third-order valence-electron chi connectivity index (χ3n) is 4.87. The number of ether oxygens (including phenoxy) is 1. The summed E-state index contributed by atoms with van der Waals surface area (Å²) in [4.78, 5) is 30.3. The van der Waals surface area contributed by atoms with E-state index in [-0.39, 0.29) is 11.9 Å². The van der Waals surface area contributed by atoms with Crippen molar-refractivity contribution in [1.29, 1.82) is 0 Å². The quantitative estimate of drug-likeness (QED) is 0.810. The fourth-order valence-corrected chi connectivity index (χ4v) is 4.11. The highest BCUT2D eigenvalue weighted by atomic mass is 32.2. The lowest BCUT2D eigenvalue weighted by Gasteiger charge is -2.38. The molecule has 148 valence electrons. The van der Waals surface area contributed by atoms with Gasteiger partial charge in [0.25, 0.3) is 0 Å². The monoisotopic (exact) mass is 393 g/mol. The van der Waals surface area contributed by atoms with Crippen LogP contribution >= 0.6 is 11.8 Å². The lowest BCUT2D eigenvalue weighted by molar-refractivity contribution is -0.129. The summed E-state index contributed by atoms with van der Waals surface area (Å²) in [6, 6.07) is 9.52. The molecule has 0 spiro atoms. The molecule has 0 aromatic heterocycles. The molecule has 1 aromatic rings. The molecule has 7 nitrogen and oxygen atoms in total. The molecule has 0 aliphatic carbocycles. The van der Waals surface area contributed by atoms with Crippen molar-refractivity contribution in [3.8, 4) is 0 Å². The van der Waals surface area contributed by atoms with Crippen molar-refractivity contribution < 1.29 is 19.4 Å². The molecule has 3 rings (SSSR count). The van der Waals surface area contributed by atoms with Crippen LogP contribution in [0.2, 0.25) is 0 Å². The third kappa shape index (κ3) is 5.60. The molecule has 2 saturated heterocycles. The molecule has 3 amide bonds. The second kappa shape index (κ2) is 9.96. The predicted molar refractivity (Wildman–Crippen MR) is 105 cm³/mol. The molecule has 2 aliphatic heterocycles. The molecular weight excluding hydrogens is 366 g/mol. The molecule has 2 fully saturated rings. The van der Waals surface area contributed by atoms with E-state index in [1.54, 1.807) is 0 Å². The van der Waals surface area contributed by atoms with Crippen LogP contribution in [0.3, 0.4) is 0 Å². The molecule has 2 heterocycles. The minimum atomic E-state index is -0.563. The Kier molecular flexibility index (Phi) is 7.37. The first kappa shape index (κ1) is 20.0. The Hall–Kier alpha value is -1.77. The molecule has 27 heavy (non-hydrogen) atoms. The van der Waals surface area contributed by atoms with Gasteiger partial charge in [0.2, 0.25) is 5.91 Å². The van der Waals surface area contributed by atoms with Gasteiger partial charge in [-0.05, 0) is 5.56 Å². The van der Waals surface area contributed by atoms with E-state index in [0.29, 0.717) is 64.0 Å². The largest absolute Gasteiger partial charge is 0.388 e. The van der Waals surface area contributed by atoms with E-state index in [0.717, 1.165) is 5.56 Å². The van der Waals surface area contributed by atoms with Gasteiger partial charge in [-0.15, -0.1) is 11.8 Å². The minimum absolute atomic E-state index is 0.0470. The summed E-state index contributed by atoms with van der Waals surface area (Å²) >= 11 is 1.44. The van der Waals surface area contributed by atoms with Gasteiger partial charge in [0.05, 0.1) is 25.1 Å². The average molecular weight is 394 g/mol. The van der Waals surface area contributed by atoms with Crippen LogP contribution in [0.4, 0.5) is 4.79 Å². The zero-order valence-electron chi connectivity index (χ0n) is 15.5. The van der Waals surface area contributed by atoms with Gasteiger partial charge >= 0.3 is 6.03 Å². The third-order valence-corrected chi connectivity index (χ3v) is 5.87. The van der Waals surface area contributed by atoms with Gasteiger partial charge in [-0.3, -0.25) is 4.79 Å². The highest BCUT2D eigenvalue weighted by molar-refractivity contribution is 7.99. The van der Waals surface area contributed by atoms with Crippen LogP contribution < -0.4 is 0 Å². The molecule has 1 aromatic carbocycles. The van der Waals surface area contributed by atoms with Crippen molar-refractivity contribution in [2.75, 3.05) is 64.0 Å². The van der Waals surface area contributed by atoms with Crippen molar-refractivity contribution >= 4 is 23.7 Å². The highest BCUT2D eigenvalue weighted by Crippen LogP contribution is 2.18. The summed E-state index contributed by atoms with van der Waals surface area (Å²) in [5.41, 5.74) is 0.868. The normalized spacial score (nSPS) is 19.1. The van der Waals surface area contributed by atoms with Crippen molar-refractivity contribution in [1.82, 2.24) is 14.7 Å². The van der Waals surface area contributed by atoms with E-state index in [4.69, 9.17) is 4.74 Å². The molecule has 1 atom stereocenters. The molecular formula is C19H27N3O4S. The van der Waals surface area contributed by atoms with Crippen molar-refractivity contribution in [3.05, 3.63) is 35.9 Å². The number of benzene rings is 1. The number of carbonyl (C=O) groups excluding carboxylic acids is 2. The summed E-state index contributed by atoms with van der Waals surface area (Å²) in [6.07, 6.45) is -0.563. The van der Waals surface area contributed by atoms with Crippen LogP contribution in [0.25, 0.3) is 0 Å². The van der Waals surface area contributed by atoms with E-state index < -0.39 is 6.10 Å². The van der Waals surface area contributed by atoms with Gasteiger partial charge in [0.15, 0.2) is 0 Å². The second-order valence-electron chi connectivity index (χ2n) is 6.69. The first-order chi connectivity index (χ1) is 13.1. The minimum Gasteiger partial charge on any atom is -0.388 e. The zero-order valence-corrected chi connectivity index (χ0v) is 16.3. The van der Waals surface area contributed by atoms with Crippen LogP contribution in [0.5, 0.6) is 0 Å². The molecule has 8 heteroatoms. The fraction of sp³-hybridized carbons (Fsp3) is 0.579. The smallest absolute Gasteiger partial charge is 0.320 e. The second-order valence-corrected chi connectivity index (χ2v) is 7.72. The van der Waals surface area contributed by atoms with Gasteiger partial charge in [-0.2, -0.15) is 0 Å². The number of hydrogen-bond acceptors (Lipinski definition) is 5. The Morgan fingerprint density at radius 3 is 2.22 bits per heavy atom. The molecule has 0 bridgehead atoms. The van der Waals surface area contributed by atoms with E-state index >= 15 is 0 Å². The SMILES string of the molecule is O=C(CSCC(O)c1ccccc1)N1CCN(C(=O)N2CCOCC2)CC1. The van der Waals surface area contributed by atoms with Crippen LogP contribution in [0.15, 0.2) is 30.3 Å². The molecule has 1 N–H and O–H groups in total. The van der Waals surface area contributed by atoms with Crippen LogP contribution in [-0.2, 0) is 9.53 Å². The number of aliphatic hydroxyl groups excluding tert-OH is 1. The van der Waals surface area contributed by atoms with Crippen molar-refractivity contribution in [2.45, 2.75) is 6.10 Å². The first-order valence-electron chi connectivity index (χ1n) is 9.35. The lowest BCUT2D eigenvalue weighted by atomic mass is 10.1. The number of carbonyl (C=O) groups is 2. The van der Waals surface area contributed by atoms with Crippen LogP contribution in [-0.4, -0.2) is 95.7 Å². The highest BCUT2D eigenvalue weighted by Gasteiger charge is 2.28. The average Bonchev–Trinajstić information content (AvgIpc) is 2.74. The van der Waals surface area contributed by atoms with Gasteiger partial charge in [0, 0.05) is 45.0 Å². The Morgan fingerprint density at radius 2 is 1.56 bits per heavy atom. The maximum Gasteiger partial charge on any atom is 0.320 e. The number of hydrogen-bond donors (Lipinski definition) is 1. The lowest BCUT2D eigenvalue weighted by Crippen LogP contribution is -2.55. The van der Waals surface area contributed by atoms with Gasteiger partial charge in [-0.1, -0.05) is 30.3 Å². The van der Waals surface area contributed by atoms with Gasteiger partial charge < -0.3 is 24.5 Å². The van der Waals surface area contributed by atoms with E-state index in [1.807, 2.05) is 45.0 Å². The number of nitrogens with zero attached hydrogens (tertiary/aromatic N) is 3. The summed E-state index contributed by atoms with van der Waals surface area (Å²) in [7, 11) is 0. The predicted octanol–water partition coefficient (Wildman–Crippen LogP) is 1.05. The number of piperazine rings is 1. The maximum absolute atomic E-state index is 12.5. The Morgan fingerprint density at radius 1 is 0.963 bits per heavy atom. The number of aliphatic hydroxyl groups is 1. The zero-order chi connectivity index (χ0) is 19.1. The number of rotatable bonds is 5. The fourth-order valence-electron chi connectivity index (χ4n) is 3.22. The van der Waals surface area contributed by atoms with Gasteiger partial charge in [0.1, 0.15) is 0 Å². The molecule has 0 saturated carbocycles. The summed E-state index contributed by atoms with van der Waals surface area (Å²) in [5.74, 6) is 0.908. The van der Waals surface area contributed by atoms with E-state index in [9.17, 15) is 14.7 Å². The molecule has 1 unspecified atom stereocenters. The first-order valence-corrected chi connectivity index (χ1v) is 10.5. The van der Waals surface area contributed by atoms with Crippen LogP contribution in [0.1, 0.15) is 11.7 Å². The van der Waals surface area contributed by atoms with Crippen LogP contribution in [0, 0.1) is 0 Å². The Bertz CT molecular complexity index is 617. The Labute approximate surface area is 164 Å². The molecule has 0 radical (unpaired) electrons. The topological polar surface area (TPSA) is 73.3 Å².